The molecule has 2 aliphatic heterocycles. The topological polar surface area (TPSA) is 142 Å². The number of rotatable bonds is 5. The third-order valence-corrected chi connectivity index (χ3v) is 11.2. The summed E-state index contributed by atoms with van der Waals surface area (Å²) >= 11 is 14.6. The Hall–Kier alpha value is -4.74. The van der Waals surface area contributed by atoms with Gasteiger partial charge in [-0.15, -0.1) is 23.2 Å². The van der Waals surface area contributed by atoms with Gasteiger partial charge in [-0.1, -0.05) is 29.8 Å². The van der Waals surface area contributed by atoms with Crippen molar-refractivity contribution < 1.29 is 43.3 Å². The van der Waals surface area contributed by atoms with E-state index in [0.717, 1.165) is 21.9 Å². The lowest BCUT2D eigenvalue weighted by Crippen LogP contribution is -2.60. The van der Waals surface area contributed by atoms with Gasteiger partial charge in [-0.2, -0.15) is 0 Å². The standard InChI is InChI=1S/C34H25Cl2FN2O8/c1-47-24-7-3-6-22(27(24)40)26-20-12-13-21-25(29(42)38(28(21)41)19-5-2-4-16(14-19)30(43)44)23(20)15-33(35)31(45)39(32(46)34(26,33)36)18-10-8-17(37)9-11-18/h2-12,14,21,23,25-26,40H,13,15H2,1H3,(H,43,44)/t21-,23+,25-,26+,33+,34-/m0/s1. The van der Waals surface area contributed by atoms with Gasteiger partial charge in [0.25, 0.3) is 11.8 Å². The average molecular weight is 679 g/mol. The van der Waals surface area contributed by atoms with Crippen molar-refractivity contribution in [2.75, 3.05) is 16.9 Å². The van der Waals surface area contributed by atoms with E-state index in [2.05, 4.69) is 0 Å². The lowest BCUT2D eigenvalue weighted by molar-refractivity contribution is -0.125. The number of carboxylic acids is 1. The molecule has 0 unspecified atom stereocenters. The fourth-order valence-corrected chi connectivity index (χ4v) is 8.64. The largest absolute Gasteiger partial charge is 0.504 e. The second kappa shape index (κ2) is 10.6. The number of carbonyl (C=O) groups is 5. The number of halogens is 3. The van der Waals surface area contributed by atoms with E-state index in [1.165, 1.54) is 55.6 Å². The Bertz CT molecular complexity index is 1950. The number of hydrogen-bond acceptors (Lipinski definition) is 7. The van der Waals surface area contributed by atoms with Gasteiger partial charge in [-0.3, -0.25) is 24.1 Å². The lowest BCUT2D eigenvalue weighted by atomic mass is 9.56. The van der Waals surface area contributed by atoms with Gasteiger partial charge in [0.2, 0.25) is 11.8 Å². The number of fused-ring (bicyclic) bond motifs is 4. The van der Waals surface area contributed by atoms with E-state index in [9.17, 15) is 38.6 Å². The van der Waals surface area contributed by atoms with Crippen molar-refractivity contribution in [2.24, 2.45) is 17.8 Å². The van der Waals surface area contributed by atoms with Crippen LogP contribution in [0.4, 0.5) is 15.8 Å². The number of para-hydroxylation sites is 1. The summed E-state index contributed by atoms with van der Waals surface area (Å²) in [4.78, 5) is 65.7. The number of allylic oxidation sites excluding steroid dienone is 2. The van der Waals surface area contributed by atoms with Crippen LogP contribution in [0.1, 0.15) is 34.7 Å². The van der Waals surface area contributed by atoms with Gasteiger partial charge in [-0.25, -0.2) is 14.1 Å². The Balaban J connectivity index is 1.40. The summed E-state index contributed by atoms with van der Waals surface area (Å²) in [5, 5.41) is 20.9. The highest BCUT2D eigenvalue weighted by Crippen LogP contribution is 2.66. The molecule has 3 aromatic carbocycles. The number of imide groups is 2. The van der Waals surface area contributed by atoms with Crippen LogP contribution in [0.15, 0.2) is 78.4 Å². The first kappa shape index (κ1) is 30.9. The highest BCUT2D eigenvalue weighted by atomic mass is 35.5. The molecule has 0 spiro atoms. The highest BCUT2D eigenvalue weighted by molar-refractivity contribution is 6.58. The smallest absolute Gasteiger partial charge is 0.335 e. The maximum atomic E-state index is 14.4. The molecule has 7 rings (SSSR count). The third-order valence-electron chi connectivity index (χ3n) is 9.81. The molecule has 10 nitrogen and oxygen atoms in total. The third kappa shape index (κ3) is 4.12. The van der Waals surface area contributed by atoms with E-state index in [1.807, 2.05) is 0 Å². The summed E-state index contributed by atoms with van der Waals surface area (Å²) in [7, 11) is 1.34. The Morgan fingerprint density at radius 1 is 0.915 bits per heavy atom. The number of benzene rings is 3. The van der Waals surface area contributed by atoms with Crippen LogP contribution >= 0.6 is 23.2 Å². The summed E-state index contributed by atoms with van der Waals surface area (Å²) in [5.41, 5.74) is 0.533. The van der Waals surface area contributed by atoms with Crippen LogP contribution in [-0.2, 0) is 19.2 Å². The summed E-state index contributed by atoms with van der Waals surface area (Å²) in [6, 6.07) is 14.7. The number of phenols is 1. The van der Waals surface area contributed by atoms with Crippen molar-refractivity contribution >= 4 is 64.2 Å². The molecule has 240 valence electrons. The molecule has 3 aromatic rings. The number of alkyl halides is 2. The maximum absolute atomic E-state index is 14.4. The summed E-state index contributed by atoms with van der Waals surface area (Å²) in [6.45, 7) is 0. The zero-order chi connectivity index (χ0) is 33.6. The van der Waals surface area contributed by atoms with Crippen molar-refractivity contribution in [1.82, 2.24) is 0 Å². The molecule has 2 N–H and O–H groups in total. The minimum atomic E-state index is -2.24. The fraction of sp³-hybridized carbons (Fsp3) is 0.265. The van der Waals surface area contributed by atoms with E-state index in [1.54, 1.807) is 12.1 Å². The number of amides is 4. The highest BCUT2D eigenvalue weighted by Gasteiger charge is 2.77. The van der Waals surface area contributed by atoms with Crippen molar-refractivity contribution in [3.05, 3.63) is 95.3 Å². The molecule has 3 fully saturated rings. The Kier molecular flexibility index (Phi) is 7.00. The van der Waals surface area contributed by atoms with Crippen LogP contribution < -0.4 is 14.5 Å². The predicted octanol–water partition coefficient (Wildman–Crippen LogP) is 5.01. The minimum Gasteiger partial charge on any atom is -0.504 e. The van der Waals surface area contributed by atoms with Gasteiger partial charge in [-0.05, 0) is 67.3 Å². The van der Waals surface area contributed by atoms with E-state index in [-0.39, 0.29) is 46.8 Å². The van der Waals surface area contributed by atoms with Crippen LogP contribution in [-0.4, -0.2) is 56.7 Å². The predicted molar refractivity (Wildman–Crippen MR) is 167 cm³/mol. The molecule has 13 heteroatoms. The van der Waals surface area contributed by atoms with Crippen LogP contribution in [0.3, 0.4) is 0 Å². The second-order valence-corrected chi connectivity index (χ2v) is 13.3. The molecule has 2 aliphatic carbocycles. The summed E-state index contributed by atoms with van der Waals surface area (Å²) < 4.78 is 19.2. The molecular formula is C34H25Cl2FN2O8. The lowest BCUT2D eigenvalue weighted by Gasteiger charge is -2.50. The van der Waals surface area contributed by atoms with Crippen LogP contribution in [0.25, 0.3) is 0 Å². The number of hydrogen-bond donors (Lipinski definition) is 2. The van der Waals surface area contributed by atoms with Gasteiger partial charge in [0.05, 0.1) is 35.9 Å². The number of carbonyl (C=O) groups excluding carboxylic acids is 4. The second-order valence-electron chi connectivity index (χ2n) is 12.0. The first-order valence-corrected chi connectivity index (χ1v) is 15.4. The summed E-state index contributed by atoms with van der Waals surface area (Å²) in [5.74, 6) is -9.22. The molecule has 4 amide bonds. The number of nitrogens with zero attached hydrogens (tertiary/aromatic N) is 2. The monoisotopic (exact) mass is 678 g/mol. The molecule has 47 heavy (non-hydrogen) atoms. The Morgan fingerprint density at radius 3 is 2.30 bits per heavy atom. The number of carboxylic acid groups (broad SMARTS) is 1. The van der Waals surface area contributed by atoms with Crippen molar-refractivity contribution in [1.29, 1.82) is 0 Å². The average Bonchev–Trinajstić information content (AvgIpc) is 3.39. The minimum absolute atomic E-state index is 0.0240. The first-order chi connectivity index (χ1) is 22.3. The zero-order valence-electron chi connectivity index (χ0n) is 24.5. The first-order valence-electron chi connectivity index (χ1n) is 14.6. The normalized spacial score (nSPS) is 29.7. The van der Waals surface area contributed by atoms with Gasteiger partial charge in [0.15, 0.2) is 21.2 Å². The van der Waals surface area contributed by atoms with E-state index in [0.29, 0.717) is 5.57 Å². The van der Waals surface area contributed by atoms with E-state index >= 15 is 0 Å². The molecule has 0 bridgehead atoms. The molecule has 6 atom stereocenters. The van der Waals surface area contributed by atoms with Crippen molar-refractivity contribution in [3.8, 4) is 11.5 Å². The van der Waals surface area contributed by atoms with E-state index in [4.69, 9.17) is 27.9 Å². The molecule has 4 aliphatic rings. The Labute approximate surface area is 276 Å². The molecule has 0 aromatic heterocycles. The SMILES string of the molecule is COc1cccc([C@H]2C3=CC[C@@H]4C(=O)N(c5cccc(C(=O)O)c5)C(=O)[C@@H]4[C@@H]3C[C@@]3(Cl)C(=O)N(c4ccc(F)cc4)C(=O)[C@@]23Cl)c1O. The number of phenolic OH excluding ortho intramolecular Hbond substituents is 1. The molecular weight excluding hydrogens is 654 g/mol. The van der Waals surface area contributed by atoms with Crippen molar-refractivity contribution in [3.63, 3.8) is 0 Å². The Morgan fingerprint density at radius 2 is 1.62 bits per heavy atom. The molecule has 2 saturated heterocycles. The van der Waals surface area contributed by atoms with Crippen LogP contribution in [0.2, 0.25) is 0 Å². The zero-order valence-corrected chi connectivity index (χ0v) is 26.0. The van der Waals surface area contributed by atoms with Gasteiger partial charge in [0, 0.05) is 11.5 Å². The van der Waals surface area contributed by atoms with Gasteiger partial charge >= 0.3 is 5.97 Å². The van der Waals surface area contributed by atoms with Gasteiger partial charge < -0.3 is 14.9 Å². The number of anilines is 2. The molecule has 1 saturated carbocycles. The molecule has 2 heterocycles. The summed E-state index contributed by atoms with van der Waals surface area (Å²) in [6.07, 6.45) is 1.44. The van der Waals surface area contributed by atoms with Gasteiger partial charge in [0.1, 0.15) is 5.82 Å². The number of aromatic hydroxyl groups is 1. The van der Waals surface area contributed by atoms with E-state index < -0.39 is 68.8 Å². The maximum Gasteiger partial charge on any atom is 0.335 e. The number of methoxy groups -OCH3 is 1. The quantitative estimate of drug-likeness (QED) is 0.218. The van der Waals surface area contributed by atoms with Crippen LogP contribution in [0, 0.1) is 23.6 Å². The number of aromatic carboxylic acids is 1. The van der Waals surface area contributed by atoms with Crippen LogP contribution in [0.5, 0.6) is 11.5 Å². The number of ether oxygens (including phenoxy) is 1. The van der Waals surface area contributed by atoms with Crippen molar-refractivity contribution in [2.45, 2.75) is 28.5 Å². The fourth-order valence-electron chi connectivity index (χ4n) is 7.71. The molecule has 0 radical (unpaired) electrons.